The summed E-state index contributed by atoms with van der Waals surface area (Å²) in [4.78, 5) is 8.28. The Balaban J connectivity index is 2.30. The Bertz CT molecular complexity index is 514. The summed E-state index contributed by atoms with van der Waals surface area (Å²) in [5, 5.41) is 12.1. The van der Waals surface area contributed by atoms with Crippen LogP contribution < -0.4 is 5.32 Å². The number of hydrogen-bond acceptors (Lipinski definition) is 4. The third-order valence-electron chi connectivity index (χ3n) is 2.29. The Kier molecular flexibility index (Phi) is 3.30. The molecule has 2 N–H and O–H groups in total. The molecule has 0 aliphatic carbocycles. The molecule has 0 aliphatic rings. The van der Waals surface area contributed by atoms with Crippen molar-refractivity contribution >= 4 is 0 Å². The van der Waals surface area contributed by atoms with E-state index in [0.717, 1.165) is 5.56 Å². The van der Waals surface area contributed by atoms with Crippen LogP contribution in [0.5, 0.6) is 5.75 Å². The van der Waals surface area contributed by atoms with Crippen molar-refractivity contribution in [3.63, 3.8) is 0 Å². The van der Waals surface area contributed by atoms with E-state index in [2.05, 4.69) is 15.3 Å². The van der Waals surface area contributed by atoms with Crippen LogP contribution >= 0.6 is 0 Å². The minimum absolute atomic E-state index is 0.374. The fourth-order valence-electron chi connectivity index (χ4n) is 1.45. The van der Waals surface area contributed by atoms with E-state index in [1.165, 1.54) is 12.1 Å². The molecule has 4 nitrogen and oxygen atoms in total. The molecule has 1 aromatic heterocycles. The number of rotatable bonds is 3. The van der Waals surface area contributed by atoms with Crippen molar-refractivity contribution in [2.45, 2.75) is 6.54 Å². The summed E-state index contributed by atoms with van der Waals surface area (Å²) < 4.78 is 13.1. The second-order valence-electron chi connectivity index (χ2n) is 3.61. The molecule has 0 aliphatic heterocycles. The largest absolute Gasteiger partial charge is 0.505 e. The third-order valence-corrected chi connectivity index (χ3v) is 2.29. The molecule has 5 heteroatoms. The summed E-state index contributed by atoms with van der Waals surface area (Å²) in [6.45, 7) is 0.685. The highest BCUT2D eigenvalue weighted by atomic mass is 19.1. The average Bonchev–Trinajstić information content (AvgIpc) is 2.34. The second kappa shape index (κ2) is 4.88. The number of aromatic hydroxyl groups is 1. The highest BCUT2D eigenvalue weighted by Crippen LogP contribution is 2.21. The van der Waals surface area contributed by atoms with Gasteiger partial charge in [0.05, 0.1) is 0 Å². The summed E-state index contributed by atoms with van der Waals surface area (Å²) in [5.74, 6) is -0.616. The van der Waals surface area contributed by atoms with Gasteiger partial charge in [-0.05, 0) is 25.2 Å². The number of nitrogens with one attached hydrogen (secondary N) is 1. The molecule has 17 heavy (non-hydrogen) atoms. The van der Waals surface area contributed by atoms with Gasteiger partial charge in [-0.2, -0.15) is 0 Å². The molecule has 88 valence electrons. The number of hydrogen-bond donors (Lipinski definition) is 2. The molecule has 1 heterocycles. The molecule has 0 saturated carbocycles. The molecule has 2 rings (SSSR count). The Morgan fingerprint density at radius 3 is 2.59 bits per heavy atom. The van der Waals surface area contributed by atoms with Crippen molar-refractivity contribution in [2.75, 3.05) is 7.05 Å². The zero-order valence-corrected chi connectivity index (χ0v) is 9.31. The first kappa shape index (κ1) is 11.5. The second-order valence-corrected chi connectivity index (χ2v) is 3.61. The standard InChI is InChI=1S/C12H12FN3O/c1-14-5-8-6-15-12(16-7-8)9-2-3-11(17)10(13)4-9/h2-4,6-7,14,17H,5H2,1H3. The maximum atomic E-state index is 13.1. The Hall–Kier alpha value is -2.01. The normalized spacial score (nSPS) is 10.5. The molecule has 0 radical (unpaired) electrons. The molecule has 0 atom stereocenters. The molecular formula is C12H12FN3O. The quantitative estimate of drug-likeness (QED) is 0.847. The Labute approximate surface area is 98.2 Å². The van der Waals surface area contributed by atoms with Crippen LogP contribution in [-0.4, -0.2) is 22.1 Å². The van der Waals surface area contributed by atoms with Gasteiger partial charge in [-0.1, -0.05) is 0 Å². The van der Waals surface area contributed by atoms with Gasteiger partial charge in [0.1, 0.15) is 0 Å². The smallest absolute Gasteiger partial charge is 0.165 e. The van der Waals surface area contributed by atoms with Crippen molar-refractivity contribution in [1.29, 1.82) is 0 Å². The summed E-state index contributed by atoms with van der Waals surface area (Å²) in [5.41, 5.74) is 1.49. The van der Waals surface area contributed by atoms with E-state index >= 15 is 0 Å². The van der Waals surface area contributed by atoms with E-state index < -0.39 is 5.82 Å². The molecular weight excluding hydrogens is 221 g/mol. The molecule has 0 amide bonds. The number of nitrogens with zero attached hydrogens (tertiary/aromatic N) is 2. The molecule has 0 spiro atoms. The SMILES string of the molecule is CNCc1cnc(-c2ccc(O)c(F)c2)nc1. The fraction of sp³-hybridized carbons (Fsp3) is 0.167. The first-order valence-electron chi connectivity index (χ1n) is 5.15. The zero-order valence-electron chi connectivity index (χ0n) is 9.31. The van der Waals surface area contributed by atoms with Gasteiger partial charge in [0.25, 0.3) is 0 Å². The van der Waals surface area contributed by atoms with Gasteiger partial charge in [-0.3, -0.25) is 0 Å². The van der Waals surface area contributed by atoms with Gasteiger partial charge in [0, 0.05) is 30.1 Å². The van der Waals surface area contributed by atoms with E-state index in [0.29, 0.717) is 17.9 Å². The van der Waals surface area contributed by atoms with Crippen LogP contribution in [0, 0.1) is 5.82 Å². The average molecular weight is 233 g/mol. The monoisotopic (exact) mass is 233 g/mol. The highest BCUT2D eigenvalue weighted by Gasteiger charge is 2.05. The van der Waals surface area contributed by atoms with Gasteiger partial charge in [0.2, 0.25) is 0 Å². The van der Waals surface area contributed by atoms with Gasteiger partial charge in [-0.15, -0.1) is 0 Å². The van der Waals surface area contributed by atoms with E-state index in [9.17, 15) is 4.39 Å². The number of phenols is 1. The van der Waals surface area contributed by atoms with Crippen LogP contribution in [0.3, 0.4) is 0 Å². The van der Waals surface area contributed by atoms with Crippen molar-refractivity contribution < 1.29 is 9.50 Å². The van der Waals surface area contributed by atoms with Crippen molar-refractivity contribution in [1.82, 2.24) is 15.3 Å². The summed E-state index contributed by atoms with van der Waals surface area (Å²) in [6, 6.07) is 4.07. The molecule has 0 saturated heterocycles. The van der Waals surface area contributed by atoms with E-state index in [1.54, 1.807) is 18.5 Å². The number of halogens is 1. The molecule has 1 aromatic carbocycles. The van der Waals surface area contributed by atoms with Gasteiger partial charge in [0.15, 0.2) is 17.4 Å². The minimum Gasteiger partial charge on any atom is -0.505 e. The minimum atomic E-state index is -0.676. The van der Waals surface area contributed by atoms with Crippen LogP contribution in [0.1, 0.15) is 5.56 Å². The van der Waals surface area contributed by atoms with E-state index in [1.807, 2.05) is 7.05 Å². The Morgan fingerprint density at radius 2 is 2.00 bits per heavy atom. The van der Waals surface area contributed by atoms with Crippen molar-refractivity contribution in [3.05, 3.63) is 42.0 Å². The third kappa shape index (κ3) is 2.57. The number of benzene rings is 1. The van der Waals surface area contributed by atoms with Crippen molar-refractivity contribution in [2.24, 2.45) is 0 Å². The lowest BCUT2D eigenvalue weighted by atomic mass is 10.2. The van der Waals surface area contributed by atoms with Crippen molar-refractivity contribution in [3.8, 4) is 17.1 Å². The lowest BCUT2D eigenvalue weighted by Crippen LogP contribution is -2.06. The predicted octanol–water partition coefficient (Wildman–Crippen LogP) is 1.71. The summed E-state index contributed by atoms with van der Waals surface area (Å²) in [6.07, 6.45) is 3.37. The highest BCUT2D eigenvalue weighted by molar-refractivity contribution is 5.56. The maximum Gasteiger partial charge on any atom is 0.165 e. The van der Waals surface area contributed by atoms with Gasteiger partial charge < -0.3 is 10.4 Å². The lowest BCUT2D eigenvalue weighted by Gasteiger charge is -2.03. The zero-order chi connectivity index (χ0) is 12.3. The topological polar surface area (TPSA) is 58.0 Å². The van der Waals surface area contributed by atoms with Crippen LogP contribution in [0.4, 0.5) is 4.39 Å². The lowest BCUT2D eigenvalue weighted by molar-refractivity contribution is 0.432. The molecule has 0 unspecified atom stereocenters. The molecule has 0 fully saturated rings. The predicted molar refractivity (Wildman–Crippen MR) is 61.9 cm³/mol. The number of phenolic OH excluding ortho intramolecular Hbond substituents is 1. The van der Waals surface area contributed by atoms with E-state index in [-0.39, 0.29) is 5.75 Å². The molecule has 0 bridgehead atoms. The van der Waals surface area contributed by atoms with Crippen LogP contribution in [-0.2, 0) is 6.54 Å². The first-order valence-corrected chi connectivity index (χ1v) is 5.15. The van der Waals surface area contributed by atoms with Gasteiger partial charge in [-0.25, -0.2) is 14.4 Å². The van der Waals surface area contributed by atoms with Crippen LogP contribution in [0.25, 0.3) is 11.4 Å². The van der Waals surface area contributed by atoms with Crippen LogP contribution in [0.15, 0.2) is 30.6 Å². The maximum absolute atomic E-state index is 13.1. The fourth-order valence-corrected chi connectivity index (χ4v) is 1.45. The first-order chi connectivity index (χ1) is 8.20. The summed E-state index contributed by atoms with van der Waals surface area (Å²) >= 11 is 0. The van der Waals surface area contributed by atoms with Crippen LogP contribution in [0.2, 0.25) is 0 Å². The molecule has 2 aromatic rings. The van der Waals surface area contributed by atoms with Gasteiger partial charge >= 0.3 is 0 Å². The van der Waals surface area contributed by atoms with E-state index in [4.69, 9.17) is 5.11 Å². The Morgan fingerprint density at radius 1 is 1.29 bits per heavy atom. The summed E-state index contributed by atoms with van der Waals surface area (Å²) in [7, 11) is 1.84. The number of aromatic nitrogens is 2.